The van der Waals surface area contributed by atoms with E-state index >= 15 is 0 Å². The first kappa shape index (κ1) is 8.97. The monoisotopic (exact) mass is 238 g/mol. The van der Waals surface area contributed by atoms with Crippen molar-refractivity contribution in [3.8, 4) is 0 Å². The Balaban J connectivity index is 2.21. The summed E-state index contributed by atoms with van der Waals surface area (Å²) in [4.78, 5) is 0. The van der Waals surface area contributed by atoms with Gasteiger partial charge in [0.05, 0.1) is 12.7 Å². The summed E-state index contributed by atoms with van der Waals surface area (Å²) in [5.74, 6) is 0.481. The Morgan fingerprint density at radius 3 is 2.92 bits per heavy atom. The third-order valence-corrected chi connectivity index (χ3v) is 2.83. The summed E-state index contributed by atoms with van der Waals surface area (Å²) < 4.78 is 6.58. The van der Waals surface area contributed by atoms with Crippen LogP contribution in [0.2, 0.25) is 0 Å². The molecule has 1 saturated heterocycles. The maximum Gasteiger partial charge on any atom is 0.0910 e. The predicted molar refractivity (Wildman–Crippen MR) is 56.5 cm³/mol. The lowest BCUT2D eigenvalue weighted by Crippen LogP contribution is -2.30. The second-order valence-electron chi connectivity index (χ2n) is 3.21. The molecule has 1 fully saturated rings. The van der Waals surface area contributed by atoms with Crippen molar-refractivity contribution in [3.63, 3.8) is 0 Å². The van der Waals surface area contributed by atoms with Crippen LogP contribution in [-0.2, 0) is 4.74 Å². The van der Waals surface area contributed by atoms with Crippen molar-refractivity contribution in [1.29, 1.82) is 0 Å². The van der Waals surface area contributed by atoms with E-state index in [2.05, 4.69) is 34.6 Å². The van der Waals surface area contributed by atoms with Crippen molar-refractivity contribution in [3.05, 3.63) is 47.0 Å². The van der Waals surface area contributed by atoms with Gasteiger partial charge in [-0.15, -0.1) is 6.58 Å². The van der Waals surface area contributed by atoms with Gasteiger partial charge in [-0.3, -0.25) is 0 Å². The van der Waals surface area contributed by atoms with E-state index < -0.39 is 0 Å². The second-order valence-corrected chi connectivity index (χ2v) is 4.12. The molecule has 0 radical (unpaired) electrons. The van der Waals surface area contributed by atoms with E-state index in [0.29, 0.717) is 5.92 Å². The van der Waals surface area contributed by atoms with Gasteiger partial charge in [0.15, 0.2) is 0 Å². The van der Waals surface area contributed by atoms with Gasteiger partial charge in [0.2, 0.25) is 0 Å². The normalized spacial score (nSPS) is 26.5. The predicted octanol–water partition coefficient (Wildman–Crippen LogP) is 3.32. The van der Waals surface area contributed by atoms with Crippen LogP contribution in [0.3, 0.4) is 0 Å². The van der Waals surface area contributed by atoms with Crippen LogP contribution in [0.1, 0.15) is 11.7 Å². The summed E-state index contributed by atoms with van der Waals surface area (Å²) in [5, 5.41) is 0. The van der Waals surface area contributed by atoms with Gasteiger partial charge in [0, 0.05) is 10.4 Å². The van der Waals surface area contributed by atoms with E-state index in [1.165, 1.54) is 5.56 Å². The standard InChI is InChI=1S/C11H11BrO/c1-2-8-7-13-11(8)9-4-3-5-10(12)6-9/h2-6,8,11H,1,7H2. The van der Waals surface area contributed by atoms with Crippen LogP contribution in [0, 0.1) is 5.92 Å². The number of hydrogen-bond acceptors (Lipinski definition) is 1. The molecule has 2 rings (SSSR count). The number of halogens is 1. The quantitative estimate of drug-likeness (QED) is 0.719. The number of ether oxygens (including phenoxy) is 1. The number of benzene rings is 1. The topological polar surface area (TPSA) is 9.23 Å². The van der Waals surface area contributed by atoms with Crippen LogP contribution in [0.25, 0.3) is 0 Å². The summed E-state index contributed by atoms with van der Waals surface area (Å²) in [7, 11) is 0. The van der Waals surface area contributed by atoms with Gasteiger partial charge < -0.3 is 4.74 Å². The fraction of sp³-hybridized carbons (Fsp3) is 0.273. The summed E-state index contributed by atoms with van der Waals surface area (Å²) in [6.07, 6.45) is 2.18. The van der Waals surface area contributed by atoms with Gasteiger partial charge >= 0.3 is 0 Å². The molecule has 68 valence electrons. The molecule has 1 heterocycles. The third kappa shape index (κ3) is 1.69. The molecular weight excluding hydrogens is 228 g/mol. The number of rotatable bonds is 2. The summed E-state index contributed by atoms with van der Waals surface area (Å²) in [6.45, 7) is 4.60. The third-order valence-electron chi connectivity index (χ3n) is 2.34. The lowest BCUT2D eigenvalue weighted by atomic mass is 9.92. The fourth-order valence-corrected chi connectivity index (χ4v) is 1.94. The summed E-state index contributed by atoms with van der Waals surface area (Å²) >= 11 is 3.44. The van der Waals surface area contributed by atoms with Crippen molar-refractivity contribution in [1.82, 2.24) is 0 Å². The van der Waals surface area contributed by atoms with Gasteiger partial charge in [-0.05, 0) is 17.7 Å². The maximum absolute atomic E-state index is 5.48. The van der Waals surface area contributed by atoms with Gasteiger partial charge in [-0.1, -0.05) is 34.1 Å². The SMILES string of the molecule is C=CC1COC1c1cccc(Br)c1. The molecule has 1 aliphatic heterocycles. The van der Waals surface area contributed by atoms with Gasteiger partial charge in [-0.2, -0.15) is 0 Å². The van der Waals surface area contributed by atoms with Crippen LogP contribution in [-0.4, -0.2) is 6.61 Å². The smallest absolute Gasteiger partial charge is 0.0910 e. The van der Waals surface area contributed by atoms with E-state index in [1.54, 1.807) is 0 Å². The molecular formula is C11H11BrO. The zero-order valence-electron chi connectivity index (χ0n) is 7.24. The first-order valence-corrected chi connectivity index (χ1v) is 5.10. The van der Waals surface area contributed by atoms with Crippen LogP contribution in [0.5, 0.6) is 0 Å². The zero-order valence-corrected chi connectivity index (χ0v) is 8.83. The lowest BCUT2D eigenvalue weighted by molar-refractivity contribution is -0.0955. The van der Waals surface area contributed by atoms with E-state index in [0.717, 1.165) is 11.1 Å². The van der Waals surface area contributed by atoms with Crippen molar-refractivity contribution in [2.45, 2.75) is 6.10 Å². The molecule has 0 N–H and O–H groups in total. The van der Waals surface area contributed by atoms with E-state index in [-0.39, 0.29) is 6.10 Å². The molecule has 2 unspecified atom stereocenters. The van der Waals surface area contributed by atoms with E-state index in [1.807, 2.05) is 18.2 Å². The van der Waals surface area contributed by atoms with Crippen LogP contribution in [0.15, 0.2) is 41.4 Å². The molecule has 2 atom stereocenters. The molecule has 1 nitrogen and oxygen atoms in total. The highest BCUT2D eigenvalue weighted by Crippen LogP contribution is 2.36. The van der Waals surface area contributed by atoms with E-state index in [4.69, 9.17) is 4.74 Å². The second kappa shape index (κ2) is 3.64. The molecule has 0 bridgehead atoms. The average molecular weight is 239 g/mol. The summed E-state index contributed by atoms with van der Waals surface area (Å²) in [5.41, 5.74) is 1.23. The average Bonchev–Trinajstić information content (AvgIpc) is 2.03. The molecule has 1 aliphatic rings. The summed E-state index contributed by atoms with van der Waals surface area (Å²) in [6, 6.07) is 8.23. The lowest BCUT2D eigenvalue weighted by Gasteiger charge is -2.35. The number of hydrogen-bond donors (Lipinski definition) is 0. The Morgan fingerprint density at radius 2 is 2.38 bits per heavy atom. The molecule has 2 heteroatoms. The maximum atomic E-state index is 5.48. The minimum atomic E-state index is 0.218. The Bertz CT molecular complexity index is 322. The molecule has 0 aliphatic carbocycles. The molecule has 13 heavy (non-hydrogen) atoms. The van der Waals surface area contributed by atoms with Crippen molar-refractivity contribution < 1.29 is 4.74 Å². The van der Waals surface area contributed by atoms with Crippen molar-refractivity contribution >= 4 is 15.9 Å². The first-order chi connectivity index (χ1) is 6.31. The fourth-order valence-electron chi connectivity index (χ4n) is 1.52. The molecule has 1 aromatic carbocycles. The van der Waals surface area contributed by atoms with Gasteiger partial charge in [0.25, 0.3) is 0 Å². The van der Waals surface area contributed by atoms with Crippen LogP contribution >= 0.6 is 15.9 Å². The van der Waals surface area contributed by atoms with Crippen LogP contribution in [0.4, 0.5) is 0 Å². The van der Waals surface area contributed by atoms with E-state index in [9.17, 15) is 0 Å². The molecule has 0 amide bonds. The highest BCUT2D eigenvalue weighted by molar-refractivity contribution is 9.10. The van der Waals surface area contributed by atoms with Crippen molar-refractivity contribution in [2.75, 3.05) is 6.61 Å². The first-order valence-electron chi connectivity index (χ1n) is 4.31. The van der Waals surface area contributed by atoms with Gasteiger partial charge in [0.1, 0.15) is 0 Å². The minimum Gasteiger partial charge on any atom is -0.372 e. The highest BCUT2D eigenvalue weighted by Gasteiger charge is 2.30. The van der Waals surface area contributed by atoms with Gasteiger partial charge in [-0.25, -0.2) is 0 Å². The van der Waals surface area contributed by atoms with Crippen molar-refractivity contribution in [2.24, 2.45) is 5.92 Å². The minimum absolute atomic E-state index is 0.218. The Hall–Kier alpha value is -0.600. The molecule has 0 saturated carbocycles. The molecule has 0 aromatic heterocycles. The largest absolute Gasteiger partial charge is 0.372 e. The zero-order chi connectivity index (χ0) is 9.26. The Labute approximate surface area is 86.5 Å². The Morgan fingerprint density at radius 1 is 1.54 bits per heavy atom. The van der Waals surface area contributed by atoms with Crippen LogP contribution < -0.4 is 0 Å². The molecule has 0 spiro atoms. The highest BCUT2D eigenvalue weighted by atomic mass is 79.9. The Kier molecular flexibility index (Phi) is 2.51. The molecule has 1 aromatic rings.